The zero-order valence-electron chi connectivity index (χ0n) is 9.45. The number of rotatable bonds is 2. The lowest BCUT2D eigenvalue weighted by Gasteiger charge is -2.02. The molecule has 0 saturated carbocycles. The molecular weight excluding hydrogens is 202 g/mol. The molecule has 0 spiro atoms. The van der Waals surface area contributed by atoms with Crippen molar-refractivity contribution in [1.29, 1.82) is 0 Å². The second-order valence-electron chi connectivity index (χ2n) is 3.73. The molecule has 0 bridgehead atoms. The number of aryl methyl sites for hydroxylation is 2. The van der Waals surface area contributed by atoms with Crippen molar-refractivity contribution in [2.45, 2.75) is 18.9 Å². The van der Waals surface area contributed by atoms with Gasteiger partial charge in [-0.3, -0.25) is 0 Å². The zero-order chi connectivity index (χ0) is 10.8. The fourth-order valence-electron chi connectivity index (χ4n) is 1.80. The highest BCUT2D eigenvalue weighted by Crippen LogP contribution is 2.18. The van der Waals surface area contributed by atoms with Gasteiger partial charge < -0.3 is 0 Å². The van der Waals surface area contributed by atoms with Crippen LogP contribution in [0.1, 0.15) is 12.5 Å². The van der Waals surface area contributed by atoms with Gasteiger partial charge in [0.05, 0.1) is 0 Å². The van der Waals surface area contributed by atoms with Gasteiger partial charge in [0.25, 0.3) is 0 Å². The van der Waals surface area contributed by atoms with Crippen LogP contribution in [-0.4, -0.2) is 5.75 Å². The number of benzene rings is 1. The third-order valence-electron chi connectivity index (χ3n) is 2.57. The Labute approximate surface area is 95.1 Å². The van der Waals surface area contributed by atoms with E-state index in [1.54, 1.807) is 0 Å². The van der Waals surface area contributed by atoms with Gasteiger partial charge in [0.15, 0.2) is 0 Å². The predicted molar refractivity (Wildman–Crippen MR) is 66.3 cm³/mol. The Hall–Kier alpha value is -1.02. The summed E-state index contributed by atoms with van der Waals surface area (Å²) in [4.78, 5) is 0. The maximum absolute atomic E-state index is 2.27. The van der Waals surface area contributed by atoms with Gasteiger partial charge in [-0.25, -0.2) is 0 Å². The Balaban J connectivity index is 2.63. The molecule has 1 heterocycles. The lowest BCUT2D eigenvalue weighted by molar-refractivity contribution is -0.683. The molecule has 0 amide bonds. The quantitative estimate of drug-likeness (QED) is 0.553. The molecule has 1 aromatic heterocycles. The second-order valence-corrected chi connectivity index (χ2v) is 5.01. The van der Waals surface area contributed by atoms with Crippen molar-refractivity contribution in [2.24, 2.45) is 7.05 Å². The highest BCUT2D eigenvalue weighted by molar-refractivity contribution is 7.99. The Kier molecular flexibility index (Phi) is 2.96. The summed E-state index contributed by atoms with van der Waals surface area (Å²) in [7, 11) is 2.13. The lowest BCUT2D eigenvalue weighted by Crippen LogP contribution is -2.31. The molecule has 0 aliphatic carbocycles. The van der Waals surface area contributed by atoms with Gasteiger partial charge in [-0.05, 0) is 19.1 Å². The minimum atomic E-state index is 1.12. The monoisotopic (exact) mass is 218 g/mol. The summed E-state index contributed by atoms with van der Waals surface area (Å²) >= 11 is 1.88. The molecule has 78 valence electrons. The number of nitrogens with zero attached hydrogens (tertiary/aromatic N) is 1. The molecule has 1 nitrogen and oxygen atoms in total. The van der Waals surface area contributed by atoms with E-state index in [9.17, 15) is 0 Å². The average molecular weight is 218 g/mol. The molecule has 0 aliphatic heterocycles. The van der Waals surface area contributed by atoms with E-state index in [0.717, 1.165) is 5.75 Å². The van der Waals surface area contributed by atoms with Crippen molar-refractivity contribution in [1.82, 2.24) is 0 Å². The van der Waals surface area contributed by atoms with Gasteiger partial charge in [-0.1, -0.05) is 30.3 Å². The van der Waals surface area contributed by atoms with Gasteiger partial charge in [-0.2, -0.15) is 4.57 Å². The first kappa shape index (κ1) is 10.5. The highest BCUT2D eigenvalue weighted by atomic mass is 32.2. The van der Waals surface area contributed by atoms with Crippen molar-refractivity contribution in [2.75, 3.05) is 5.75 Å². The third-order valence-corrected chi connectivity index (χ3v) is 3.57. The van der Waals surface area contributed by atoms with E-state index in [2.05, 4.69) is 55.8 Å². The summed E-state index contributed by atoms with van der Waals surface area (Å²) in [6.07, 6.45) is 0. The maximum Gasteiger partial charge on any atom is 0.240 e. The van der Waals surface area contributed by atoms with Crippen molar-refractivity contribution in [3.05, 3.63) is 35.9 Å². The highest BCUT2D eigenvalue weighted by Gasteiger charge is 2.10. The van der Waals surface area contributed by atoms with Crippen molar-refractivity contribution >= 4 is 22.7 Å². The fraction of sp³-hybridized carbons (Fsp3) is 0.308. The summed E-state index contributed by atoms with van der Waals surface area (Å²) in [5, 5.41) is 2.65. The van der Waals surface area contributed by atoms with Gasteiger partial charge in [0.2, 0.25) is 10.5 Å². The standard InChI is InChI=1S/C13H16NS/c1-4-15-13-8-6-11-9-10(2)5-7-12(11)14(13)3/h5-9H,4H2,1-3H3/q+1. The van der Waals surface area contributed by atoms with Crippen LogP contribution in [0.2, 0.25) is 0 Å². The number of pyridine rings is 1. The Morgan fingerprint density at radius 3 is 2.73 bits per heavy atom. The molecule has 0 aliphatic rings. The molecule has 15 heavy (non-hydrogen) atoms. The van der Waals surface area contributed by atoms with E-state index in [1.165, 1.54) is 21.5 Å². The molecule has 0 radical (unpaired) electrons. The first-order valence-corrected chi connectivity index (χ1v) is 6.23. The van der Waals surface area contributed by atoms with Crippen LogP contribution in [0.25, 0.3) is 10.9 Å². The number of hydrogen-bond donors (Lipinski definition) is 0. The van der Waals surface area contributed by atoms with Crippen LogP contribution in [0.15, 0.2) is 35.4 Å². The van der Waals surface area contributed by atoms with E-state index in [-0.39, 0.29) is 0 Å². The van der Waals surface area contributed by atoms with E-state index in [0.29, 0.717) is 0 Å². The van der Waals surface area contributed by atoms with Crippen LogP contribution in [0.4, 0.5) is 0 Å². The minimum absolute atomic E-state index is 1.12. The molecule has 0 atom stereocenters. The van der Waals surface area contributed by atoms with Crippen LogP contribution >= 0.6 is 11.8 Å². The second kappa shape index (κ2) is 4.23. The van der Waals surface area contributed by atoms with E-state index >= 15 is 0 Å². The summed E-state index contributed by atoms with van der Waals surface area (Å²) in [6, 6.07) is 11.0. The van der Waals surface area contributed by atoms with Gasteiger partial charge in [0, 0.05) is 23.3 Å². The average Bonchev–Trinajstić information content (AvgIpc) is 2.22. The fourth-order valence-corrected chi connectivity index (χ4v) is 2.55. The summed E-state index contributed by atoms with van der Waals surface area (Å²) < 4.78 is 2.27. The van der Waals surface area contributed by atoms with Crippen LogP contribution < -0.4 is 4.57 Å². The van der Waals surface area contributed by atoms with Crippen molar-refractivity contribution in [3.63, 3.8) is 0 Å². The number of aromatic nitrogens is 1. The van der Waals surface area contributed by atoms with E-state index < -0.39 is 0 Å². The van der Waals surface area contributed by atoms with Crippen molar-refractivity contribution in [3.8, 4) is 0 Å². The number of thioether (sulfide) groups is 1. The number of fused-ring (bicyclic) bond motifs is 1. The van der Waals surface area contributed by atoms with Crippen LogP contribution in [0.3, 0.4) is 0 Å². The Bertz CT molecular complexity index is 491. The molecule has 2 aromatic rings. The van der Waals surface area contributed by atoms with E-state index in [4.69, 9.17) is 0 Å². The molecule has 0 N–H and O–H groups in total. The van der Waals surface area contributed by atoms with Crippen LogP contribution in [-0.2, 0) is 7.05 Å². The van der Waals surface area contributed by atoms with E-state index in [1.807, 2.05) is 11.8 Å². The molecule has 0 fully saturated rings. The Morgan fingerprint density at radius 1 is 1.20 bits per heavy atom. The molecular formula is C13H16NS+. The summed E-state index contributed by atoms with van der Waals surface area (Å²) in [5.74, 6) is 1.12. The Morgan fingerprint density at radius 2 is 2.00 bits per heavy atom. The topological polar surface area (TPSA) is 3.88 Å². The van der Waals surface area contributed by atoms with Crippen LogP contribution in [0.5, 0.6) is 0 Å². The molecule has 2 heteroatoms. The summed E-state index contributed by atoms with van der Waals surface area (Å²) in [6.45, 7) is 4.32. The summed E-state index contributed by atoms with van der Waals surface area (Å²) in [5.41, 5.74) is 2.62. The molecule has 0 saturated heterocycles. The van der Waals surface area contributed by atoms with Gasteiger partial charge in [-0.15, -0.1) is 0 Å². The first-order valence-electron chi connectivity index (χ1n) is 5.24. The predicted octanol–water partition coefficient (Wildman–Crippen LogP) is 3.08. The molecule has 2 rings (SSSR count). The lowest BCUT2D eigenvalue weighted by atomic mass is 10.1. The first-order chi connectivity index (χ1) is 7.22. The minimum Gasteiger partial charge on any atom is -0.189 e. The van der Waals surface area contributed by atoms with Gasteiger partial charge in [0.1, 0.15) is 7.05 Å². The smallest absolute Gasteiger partial charge is 0.189 e. The molecule has 1 aromatic carbocycles. The van der Waals surface area contributed by atoms with Crippen LogP contribution in [0, 0.1) is 6.92 Å². The van der Waals surface area contributed by atoms with Crippen molar-refractivity contribution < 1.29 is 4.57 Å². The number of hydrogen-bond acceptors (Lipinski definition) is 1. The maximum atomic E-state index is 2.27. The molecule has 0 unspecified atom stereocenters. The zero-order valence-corrected chi connectivity index (χ0v) is 10.3. The van der Waals surface area contributed by atoms with Gasteiger partial charge >= 0.3 is 0 Å². The third kappa shape index (κ3) is 2.00. The SMILES string of the molecule is CCSc1ccc2cc(C)ccc2[n+]1C. The largest absolute Gasteiger partial charge is 0.240 e. The normalized spacial score (nSPS) is 10.9.